The van der Waals surface area contributed by atoms with Crippen molar-refractivity contribution in [2.24, 2.45) is 0 Å². The van der Waals surface area contributed by atoms with Crippen LogP contribution in [0.1, 0.15) is 46.0 Å². The third-order valence-electron chi connectivity index (χ3n) is 4.79. The van der Waals surface area contributed by atoms with E-state index in [1.165, 1.54) is 38.8 Å². The average Bonchev–Trinajstić information content (AvgIpc) is 3.29. The molecular weight excluding hydrogens is 425 g/mol. The van der Waals surface area contributed by atoms with Gasteiger partial charge in [-0.25, -0.2) is 4.98 Å². The molecule has 4 nitrogen and oxygen atoms in total. The third-order valence-corrected chi connectivity index (χ3v) is 5.56. The van der Waals surface area contributed by atoms with Gasteiger partial charge in [0.25, 0.3) is 0 Å². The molecule has 162 valence electrons. The Morgan fingerprint density at radius 3 is 2.24 bits per heavy atom. The topological polar surface area (TPSA) is 29.8 Å². The normalized spacial score (nSPS) is 10.7. The second-order valence-electron chi connectivity index (χ2n) is 6.99. The van der Waals surface area contributed by atoms with Gasteiger partial charge in [0.2, 0.25) is 0 Å². The van der Waals surface area contributed by atoms with Crippen molar-refractivity contribution in [2.75, 3.05) is 26.2 Å². The molecule has 0 spiro atoms. The minimum absolute atomic E-state index is 0. The number of imidazole rings is 1. The van der Waals surface area contributed by atoms with Crippen molar-refractivity contribution in [3.63, 3.8) is 0 Å². The zero-order valence-corrected chi connectivity index (χ0v) is 19.8. The summed E-state index contributed by atoms with van der Waals surface area (Å²) >= 11 is 1.65. The van der Waals surface area contributed by atoms with E-state index in [0.717, 1.165) is 41.5 Å². The van der Waals surface area contributed by atoms with E-state index < -0.39 is 0 Å². The lowest BCUT2D eigenvalue weighted by Crippen LogP contribution is -2.28. The fourth-order valence-corrected chi connectivity index (χ4v) is 3.87. The van der Waals surface area contributed by atoms with Crippen molar-refractivity contribution in [2.45, 2.75) is 46.0 Å². The van der Waals surface area contributed by atoms with Crippen LogP contribution in [0.5, 0.6) is 5.75 Å². The number of benzene rings is 1. The van der Waals surface area contributed by atoms with E-state index in [-0.39, 0.29) is 24.8 Å². The minimum Gasteiger partial charge on any atom is -0.494 e. The van der Waals surface area contributed by atoms with E-state index in [1.807, 2.05) is 6.20 Å². The SMILES string of the molecule is CCCCN(CCCC)CCCOc1ccc(-c2cn3ccsc3n2)cc1.Cl.Cl. The number of hydrogen-bond acceptors (Lipinski definition) is 4. The van der Waals surface area contributed by atoms with Crippen LogP contribution >= 0.6 is 36.2 Å². The molecule has 1 aromatic carbocycles. The first kappa shape index (κ1) is 25.8. The minimum atomic E-state index is 0. The standard InChI is InChI=1S/C22H31N3OS.2ClH/c1-3-5-12-24(13-6-4-2)14-7-16-26-20-10-8-19(9-11-20)21-18-25-15-17-27-22(25)23-21;;/h8-11,15,17-18H,3-7,12-14,16H2,1-2H3;2*1H. The molecule has 0 saturated carbocycles. The number of rotatable bonds is 12. The van der Waals surface area contributed by atoms with Crippen LogP contribution in [0.4, 0.5) is 0 Å². The van der Waals surface area contributed by atoms with Crippen LogP contribution in [0.2, 0.25) is 0 Å². The molecular formula is C22H33Cl2N3OS. The summed E-state index contributed by atoms with van der Waals surface area (Å²) in [6.07, 6.45) is 10.3. The number of hydrogen-bond donors (Lipinski definition) is 0. The Hall–Kier alpha value is -1.27. The fourth-order valence-electron chi connectivity index (χ4n) is 3.17. The quantitative estimate of drug-likeness (QED) is 0.287. The lowest BCUT2D eigenvalue weighted by Gasteiger charge is -2.21. The maximum atomic E-state index is 5.95. The van der Waals surface area contributed by atoms with Gasteiger partial charge in [0.1, 0.15) is 5.75 Å². The van der Waals surface area contributed by atoms with E-state index in [9.17, 15) is 0 Å². The molecule has 0 aliphatic carbocycles. The number of fused-ring (bicyclic) bond motifs is 1. The molecule has 0 unspecified atom stereocenters. The lowest BCUT2D eigenvalue weighted by atomic mass is 10.2. The van der Waals surface area contributed by atoms with Gasteiger partial charge in [0.05, 0.1) is 12.3 Å². The molecule has 0 saturated heterocycles. The Bertz CT molecular complexity index is 767. The number of ether oxygens (including phenoxy) is 1. The predicted molar refractivity (Wildman–Crippen MR) is 129 cm³/mol. The Balaban J connectivity index is 0.00000210. The molecule has 7 heteroatoms. The van der Waals surface area contributed by atoms with E-state index in [0.29, 0.717) is 0 Å². The summed E-state index contributed by atoms with van der Waals surface area (Å²) in [6, 6.07) is 8.29. The fraction of sp³-hybridized carbons (Fsp3) is 0.500. The smallest absolute Gasteiger partial charge is 0.194 e. The van der Waals surface area contributed by atoms with Crippen molar-refractivity contribution >= 4 is 41.1 Å². The van der Waals surface area contributed by atoms with Gasteiger partial charge in [-0.1, -0.05) is 26.7 Å². The number of unbranched alkanes of at least 4 members (excludes halogenated alkanes) is 2. The van der Waals surface area contributed by atoms with Gasteiger partial charge in [-0.15, -0.1) is 36.2 Å². The highest BCUT2D eigenvalue weighted by Crippen LogP contribution is 2.23. The monoisotopic (exact) mass is 457 g/mol. The van der Waals surface area contributed by atoms with Crippen LogP contribution in [-0.4, -0.2) is 40.5 Å². The second-order valence-corrected chi connectivity index (χ2v) is 7.87. The molecule has 0 N–H and O–H groups in total. The van der Waals surface area contributed by atoms with Crippen molar-refractivity contribution in [3.8, 4) is 17.0 Å². The molecule has 3 rings (SSSR count). The highest BCUT2D eigenvalue weighted by atomic mass is 35.5. The van der Waals surface area contributed by atoms with Crippen LogP contribution in [0, 0.1) is 0 Å². The molecule has 0 aliphatic rings. The average molecular weight is 458 g/mol. The first-order valence-corrected chi connectivity index (χ1v) is 11.1. The number of thiazole rings is 1. The van der Waals surface area contributed by atoms with Gasteiger partial charge < -0.3 is 9.64 Å². The first-order chi connectivity index (χ1) is 13.3. The highest BCUT2D eigenvalue weighted by molar-refractivity contribution is 7.15. The Morgan fingerprint density at radius 1 is 0.966 bits per heavy atom. The molecule has 0 atom stereocenters. The number of nitrogens with zero attached hydrogens (tertiary/aromatic N) is 3. The van der Waals surface area contributed by atoms with Crippen molar-refractivity contribution in [1.82, 2.24) is 14.3 Å². The molecule has 29 heavy (non-hydrogen) atoms. The zero-order valence-electron chi connectivity index (χ0n) is 17.4. The molecule has 0 bridgehead atoms. The second kappa shape index (κ2) is 13.9. The van der Waals surface area contributed by atoms with Gasteiger partial charge >= 0.3 is 0 Å². The van der Waals surface area contributed by atoms with Crippen molar-refractivity contribution in [3.05, 3.63) is 42.0 Å². The highest BCUT2D eigenvalue weighted by Gasteiger charge is 2.06. The molecule has 0 amide bonds. The Morgan fingerprint density at radius 2 is 1.62 bits per heavy atom. The van der Waals surface area contributed by atoms with Gasteiger partial charge in [-0.05, 0) is 56.6 Å². The van der Waals surface area contributed by atoms with Gasteiger partial charge in [0, 0.05) is 29.9 Å². The van der Waals surface area contributed by atoms with Crippen molar-refractivity contribution in [1.29, 1.82) is 0 Å². The van der Waals surface area contributed by atoms with Gasteiger partial charge in [-0.2, -0.15) is 0 Å². The number of halogens is 2. The summed E-state index contributed by atoms with van der Waals surface area (Å²) in [5.41, 5.74) is 2.14. The zero-order chi connectivity index (χ0) is 18.9. The van der Waals surface area contributed by atoms with Crippen molar-refractivity contribution < 1.29 is 4.74 Å². The Labute approximate surface area is 191 Å². The summed E-state index contributed by atoms with van der Waals surface area (Å²) in [5, 5.41) is 2.05. The summed E-state index contributed by atoms with van der Waals surface area (Å²) in [6.45, 7) is 8.85. The Kier molecular flexibility index (Phi) is 12.3. The van der Waals surface area contributed by atoms with E-state index in [4.69, 9.17) is 4.74 Å². The van der Waals surface area contributed by atoms with E-state index >= 15 is 0 Å². The summed E-state index contributed by atoms with van der Waals surface area (Å²) in [7, 11) is 0. The summed E-state index contributed by atoms with van der Waals surface area (Å²) in [4.78, 5) is 8.27. The van der Waals surface area contributed by atoms with E-state index in [1.54, 1.807) is 11.3 Å². The summed E-state index contributed by atoms with van der Waals surface area (Å²) in [5.74, 6) is 0.938. The maximum absolute atomic E-state index is 5.95. The predicted octanol–water partition coefficient (Wildman–Crippen LogP) is 6.58. The molecule has 0 radical (unpaired) electrons. The molecule has 2 aromatic heterocycles. The first-order valence-electron chi connectivity index (χ1n) is 10.2. The third kappa shape index (κ3) is 7.82. The molecule has 2 heterocycles. The van der Waals surface area contributed by atoms with Gasteiger partial charge in [0.15, 0.2) is 4.96 Å². The maximum Gasteiger partial charge on any atom is 0.194 e. The van der Waals surface area contributed by atoms with Crippen LogP contribution in [-0.2, 0) is 0 Å². The largest absolute Gasteiger partial charge is 0.494 e. The number of aromatic nitrogens is 2. The van der Waals surface area contributed by atoms with Crippen LogP contribution in [0.3, 0.4) is 0 Å². The molecule has 0 fully saturated rings. The van der Waals surface area contributed by atoms with Crippen LogP contribution in [0.15, 0.2) is 42.0 Å². The lowest BCUT2D eigenvalue weighted by molar-refractivity contribution is 0.229. The van der Waals surface area contributed by atoms with Crippen LogP contribution in [0.25, 0.3) is 16.2 Å². The molecule has 3 aromatic rings. The molecule has 0 aliphatic heterocycles. The van der Waals surface area contributed by atoms with E-state index in [2.05, 4.69) is 64.0 Å². The van der Waals surface area contributed by atoms with Crippen LogP contribution < -0.4 is 4.74 Å². The summed E-state index contributed by atoms with van der Waals surface area (Å²) < 4.78 is 8.01. The van der Waals surface area contributed by atoms with Gasteiger partial charge in [-0.3, -0.25) is 4.40 Å².